The van der Waals surface area contributed by atoms with E-state index < -0.39 is 0 Å². The fraction of sp³-hybridized carbons (Fsp3) is 0. The normalized spacial score (nSPS) is 10.9. The predicted octanol–water partition coefficient (Wildman–Crippen LogP) is 3.00. The first-order valence-corrected chi connectivity index (χ1v) is 6.80. The Hall–Kier alpha value is -3.39. The van der Waals surface area contributed by atoms with Crippen LogP contribution in [0.5, 0.6) is 0 Å². The van der Waals surface area contributed by atoms with E-state index in [9.17, 15) is 5.26 Å². The Morgan fingerprint density at radius 1 is 1.09 bits per heavy atom. The zero-order valence-corrected chi connectivity index (χ0v) is 11.6. The third kappa shape index (κ3) is 1.71. The topological polar surface area (TPSA) is 80.0 Å². The summed E-state index contributed by atoms with van der Waals surface area (Å²) in [7, 11) is 0. The van der Waals surface area contributed by atoms with Crippen molar-refractivity contribution in [2.45, 2.75) is 0 Å². The molecule has 4 aromatic rings. The van der Waals surface area contributed by atoms with Crippen molar-refractivity contribution >= 4 is 22.4 Å². The third-order valence-corrected chi connectivity index (χ3v) is 3.69. The second-order valence-corrected chi connectivity index (χ2v) is 4.98. The maximum Gasteiger partial charge on any atom is 0.162 e. The molecule has 4 heterocycles. The molecule has 0 spiro atoms. The average molecular weight is 285 g/mol. The Kier molecular flexibility index (Phi) is 2.57. The van der Waals surface area contributed by atoms with Gasteiger partial charge < -0.3 is 10.1 Å². The number of pyridine rings is 3. The molecule has 0 saturated heterocycles. The van der Waals surface area contributed by atoms with Crippen molar-refractivity contribution in [1.82, 2.24) is 14.4 Å². The van der Waals surface area contributed by atoms with Crippen LogP contribution in [-0.4, -0.2) is 14.4 Å². The van der Waals surface area contributed by atoms with E-state index in [1.165, 1.54) is 0 Å². The molecule has 0 bridgehead atoms. The number of rotatable bonds is 1. The van der Waals surface area contributed by atoms with Gasteiger partial charge in [0.25, 0.3) is 0 Å². The molecule has 0 aliphatic rings. The minimum atomic E-state index is 0.412. The lowest BCUT2D eigenvalue weighted by Gasteiger charge is -2.06. The average Bonchev–Trinajstić information content (AvgIpc) is 2.93. The predicted molar refractivity (Wildman–Crippen MR) is 85.1 cm³/mol. The summed E-state index contributed by atoms with van der Waals surface area (Å²) in [5.41, 5.74) is 9.94. The van der Waals surface area contributed by atoms with Crippen LogP contribution in [0.1, 0.15) is 5.69 Å². The summed E-state index contributed by atoms with van der Waals surface area (Å²) in [6, 6.07) is 15.6. The summed E-state index contributed by atoms with van der Waals surface area (Å²) < 4.78 is 1.87. The molecule has 4 aromatic heterocycles. The molecule has 104 valence electrons. The van der Waals surface area contributed by atoms with Crippen molar-refractivity contribution in [2.75, 3.05) is 5.73 Å². The van der Waals surface area contributed by atoms with E-state index in [4.69, 9.17) is 5.73 Å². The van der Waals surface area contributed by atoms with Crippen molar-refractivity contribution < 1.29 is 0 Å². The van der Waals surface area contributed by atoms with Gasteiger partial charge in [-0.15, -0.1) is 0 Å². The Bertz CT molecular complexity index is 1060. The number of fused-ring (bicyclic) bond motifs is 2. The SMILES string of the molecule is N#Cc1cc(-c2cc(N)nc3ncccc23)c2ccccn12. The fourth-order valence-electron chi connectivity index (χ4n) is 2.75. The van der Waals surface area contributed by atoms with Gasteiger partial charge >= 0.3 is 0 Å². The first-order chi connectivity index (χ1) is 10.8. The molecular weight excluding hydrogens is 274 g/mol. The summed E-state index contributed by atoms with van der Waals surface area (Å²) in [5, 5.41) is 10.3. The van der Waals surface area contributed by atoms with Crippen LogP contribution in [0.4, 0.5) is 5.82 Å². The van der Waals surface area contributed by atoms with Gasteiger partial charge in [0.05, 0.1) is 5.52 Å². The molecule has 0 aliphatic carbocycles. The fourth-order valence-corrected chi connectivity index (χ4v) is 2.75. The molecule has 2 N–H and O–H groups in total. The number of nitriles is 1. The number of anilines is 1. The smallest absolute Gasteiger partial charge is 0.162 e. The lowest BCUT2D eigenvalue weighted by atomic mass is 10.0. The first-order valence-electron chi connectivity index (χ1n) is 6.80. The quantitative estimate of drug-likeness (QED) is 0.583. The molecule has 0 unspecified atom stereocenters. The summed E-state index contributed by atoms with van der Waals surface area (Å²) in [5.74, 6) is 0.412. The summed E-state index contributed by atoms with van der Waals surface area (Å²) in [4.78, 5) is 8.54. The highest BCUT2D eigenvalue weighted by Gasteiger charge is 2.14. The Morgan fingerprint density at radius 2 is 2.00 bits per heavy atom. The van der Waals surface area contributed by atoms with E-state index in [1.807, 2.05) is 53.1 Å². The van der Waals surface area contributed by atoms with Crippen LogP contribution >= 0.6 is 0 Å². The van der Waals surface area contributed by atoms with Crippen LogP contribution in [0.15, 0.2) is 54.9 Å². The minimum Gasteiger partial charge on any atom is -0.384 e. The number of hydrogen-bond acceptors (Lipinski definition) is 4. The standard InChI is InChI=1S/C17H11N5/c18-10-11-8-14(15-5-1-2-7-22(11)15)13-9-16(19)21-17-12(13)4-3-6-20-17/h1-9H,(H2,19,20,21). The molecule has 0 fully saturated rings. The number of nitrogens with two attached hydrogens (primary N) is 1. The molecule has 0 atom stereocenters. The van der Waals surface area contributed by atoms with Gasteiger partial charge in [-0.25, -0.2) is 9.97 Å². The highest BCUT2D eigenvalue weighted by atomic mass is 14.9. The van der Waals surface area contributed by atoms with Crippen LogP contribution in [0.3, 0.4) is 0 Å². The lowest BCUT2D eigenvalue weighted by molar-refractivity contribution is 1.16. The van der Waals surface area contributed by atoms with Gasteiger partial charge in [0.2, 0.25) is 0 Å². The van der Waals surface area contributed by atoms with Gasteiger partial charge in [0.15, 0.2) is 5.65 Å². The number of nitrogen functional groups attached to an aromatic ring is 1. The zero-order chi connectivity index (χ0) is 15.1. The monoisotopic (exact) mass is 285 g/mol. The summed E-state index contributed by atoms with van der Waals surface area (Å²) >= 11 is 0. The molecule has 0 aromatic carbocycles. The van der Waals surface area contributed by atoms with Crippen molar-refractivity contribution in [3.8, 4) is 17.2 Å². The van der Waals surface area contributed by atoms with Gasteiger partial charge in [0.1, 0.15) is 17.6 Å². The van der Waals surface area contributed by atoms with Crippen molar-refractivity contribution in [3.63, 3.8) is 0 Å². The summed E-state index contributed by atoms with van der Waals surface area (Å²) in [6.45, 7) is 0. The molecule has 0 radical (unpaired) electrons. The van der Waals surface area contributed by atoms with Gasteiger partial charge in [-0.3, -0.25) is 0 Å². The van der Waals surface area contributed by atoms with Gasteiger partial charge in [-0.1, -0.05) is 6.07 Å². The zero-order valence-electron chi connectivity index (χ0n) is 11.6. The number of aromatic nitrogens is 3. The molecule has 0 amide bonds. The van der Waals surface area contributed by atoms with E-state index in [2.05, 4.69) is 16.0 Å². The minimum absolute atomic E-state index is 0.412. The van der Waals surface area contributed by atoms with Crippen LogP contribution in [0, 0.1) is 11.3 Å². The van der Waals surface area contributed by atoms with Crippen LogP contribution in [-0.2, 0) is 0 Å². The van der Waals surface area contributed by atoms with Crippen LogP contribution in [0.2, 0.25) is 0 Å². The molecule has 22 heavy (non-hydrogen) atoms. The lowest BCUT2D eigenvalue weighted by Crippen LogP contribution is -1.94. The number of hydrogen-bond donors (Lipinski definition) is 1. The van der Waals surface area contributed by atoms with Crippen molar-refractivity contribution in [2.24, 2.45) is 0 Å². The molecule has 5 heteroatoms. The highest BCUT2D eigenvalue weighted by molar-refractivity contribution is 5.99. The van der Waals surface area contributed by atoms with E-state index >= 15 is 0 Å². The second kappa shape index (κ2) is 4.57. The van der Waals surface area contributed by atoms with Crippen molar-refractivity contribution in [1.29, 1.82) is 5.26 Å². The maximum atomic E-state index is 9.34. The highest BCUT2D eigenvalue weighted by Crippen LogP contribution is 2.33. The van der Waals surface area contributed by atoms with Gasteiger partial charge in [-0.2, -0.15) is 5.26 Å². The second-order valence-electron chi connectivity index (χ2n) is 4.98. The van der Waals surface area contributed by atoms with Crippen LogP contribution < -0.4 is 5.73 Å². The van der Waals surface area contributed by atoms with E-state index in [1.54, 1.807) is 6.20 Å². The molecule has 5 nitrogen and oxygen atoms in total. The largest absolute Gasteiger partial charge is 0.384 e. The van der Waals surface area contributed by atoms with Crippen molar-refractivity contribution in [3.05, 3.63) is 60.6 Å². The number of nitrogens with zero attached hydrogens (tertiary/aromatic N) is 4. The Labute approximate surface area is 126 Å². The Morgan fingerprint density at radius 3 is 2.86 bits per heavy atom. The Balaban J connectivity index is 2.15. The van der Waals surface area contributed by atoms with Gasteiger partial charge in [0, 0.05) is 23.3 Å². The van der Waals surface area contributed by atoms with E-state index in [0.29, 0.717) is 17.2 Å². The summed E-state index contributed by atoms with van der Waals surface area (Å²) in [6.07, 6.45) is 3.57. The maximum absolute atomic E-state index is 9.34. The molecule has 0 saturated carbocycles. The molecule has 0 aliphatic heterocycles. The van der Waals surface area contributed by atoms with Crippen LogP contribution in [0.25, 0.3) is 27.7 Å². The first kappa shape index (κ1) is 12.4. The molecule has 4 rings (SSSR count). The van der Waals surface area contributed by atoms with Gasteiger partial charge in [-0.05, 0) is 42.0 Å². The van der Waals surface area contributed by atoms with E-state index in [-0.39, 0.29) is 0 Å². The van der Waals surface area contributed by atoms with E-state index in [0.717, 1.165) is 22.0 Å². The molecular formula is C17H11N5. The third-order valence-electron chi connectivity index (χ3n) is 3.69.